The molecule has 0 amide bonds. The van der Waals surface area contributed by atoms with Gasteiger partial charge in [-0.15, -0.1) is 11.3 Å². The lowest BCUT2D eigenvalue weighted by Gasteiger charge is -2.05. The summed E-state index contributed by atoms with van der Waals surface area (Å²) in [6.45, 7) is 3.34. The third kappa shape index (κ3) is 2.90. The summed E-state index contributed by atoms with van der Waals surface area (Å²) in [5.74, 6) is 2.06. The van der Waals surface area contributed by atoms with E-state index in [2.05, 4.69) is 10.3 Å². The highest BCUT2D eigenvalue weighted by atomic mass is 32.2. The average molecular weight is 287 g/mol. The van der Waals surface area contributed by atoms with Crippen molar-refractivity contribution in [3.8, 4) is 5.88 Å². The number of thiazole rings is 1. The van der Waals surface area contributed by atoms with Gasteiger partial charge in [0.1, 0.15) is 5.69 Å². The van der Waals surface area contributed by atoms with Crippen molar-refractivity contribution in [3.05, 3.63) is 17.3 Å². The van der Waals surface area contributed by atoms with E-state index in [1.54, 1.807) is 18.4 Å². The average Bonchev–Trinajstić information content (AvgIpc) is 2.95. The van der Waals surface area contributed by atoms with Gasteiger partial charge in [-0.25, -0.2) is 0 Å². The van der Waals surface area contributed by atoms with Gasteiger partial charge in [-0.05, 0) is 0 Å². The minimum Gasteiger partial charge on any atom is -0.480 e. The first-order valence-corrected chi connectivity index (χ1v) is 8.17. The maximum Gasteiger partial charge on any atom is 0.237 e. The van der Waals surface area contributed by atoms with Crippen molar-refractivity contribution in [1.82, 2.24) is 14.7 Å². The molecule has 0 bridgehead atoms. The number of fused-ring (bicyclic) bond motifs is 1. The highest BCUT2D eigenvalue weighted by Crippen LogP contribution is 2.22. The number of rotatable bonds is 7. The van der Waals surface area contributed by atoms with Gasteiger partial charge >= 0.3 is 0 Å². The first-order chi connectivity index (χ1) is 8.76. The van der Waals surface area contributed by atoms with Crippen molar-refractivity contribution in [1.29, 1.82) is 0 Å². The zero-order valence-corrected chi connectivity index (χ0v) is 12.1. The van der Waals surface area contributed by atoms with E-state index >= 15 is 0 Å². The Morgan fingerprint density at radius 2 is 2.44 bits per heavy atom. The molecule has 2 rings (SSSR count). The first-order valence-electron chi connectivity index (χ1n) is 5.80. The Bertz CT molecular complexity index is 535. The van der Waals surface area contributed by atoms with Crippen molar-refractivity contribution >= 4 is 27.1 Å². The van der Waals surface area contributed by atoms with Crippen molar-refractivity contribution < 1.29 is 8.95 Å². The van der Waals surface area contributed by atoms with Gasteiger partial charge in [-0.3, -0.25) is 8.61 Å². The number of aromatic nitrogens is 2. The van der Waals surface area contributed by atoms with Crippen LogP contribution in [0, 0.1) is 0 Å². The molecular formula is C11H17N3O2S2. The Morgan fingerprint density at radius 3 is 3.17 bits per heavy atom. The number of hydrogen-bond donors (Lipinski definition) is 1. The Kier molecular flexibility index (Phi) is 4.73. The van der Waals surface area contributed by atoms with Crippen LogP contribution in [-0.4, -0.2) is 38.8 Å². The van der Waals surface area contributed by atoms with Gasteiger partial charge in [0.25, 0.3) is 0 Å². The molecule has 1 atom stereocenters. The summed E-state index contributed by atoms with van der Waals surface area (Å²) in [5.41, 5.74) is 1.01. The molecule has 0 spiro atoms. The number of nitrogens with one attached hydrogen (secondary N) is 1. The minimum absolute atomic E-state index is 0.658. The molecule has 2 aromatic rings. The third-order valence-electron chi connectivity index (χ3n) is 2.64. The maximum atomic E-state index is 11.3. The van der Waals surface area contributed by atoms with Gasteiger partial charge in [0.05, 0.1) is 7.11 Å². The fourth-order valence-electron chi connectivity index (χ4n) is 1.67. The van der Waals surface area contributed by atoms with Crippen molar-refractivity contribution in [3.63, 3.8) is 0 Å². The van der Waals surface area contributed by atoms with Crippen LogP contribution in [0.15, 0.2) is 11.6 Å². The lowest BCUT2D eigenvalue weighted by Crippen LogP contribution is -2.21. The van der Waals surface area contributed by atoms with Crippen LogP contribution in [-0.2, 0) is 17.3 Å². The number of nitrogens with zero attached hydrogens (tertiary/aromatic N) is 2. The fourth-order valence-corrected chi connectivity index (χ4v) is 3.06. The Labute approximate surface area is 113 Å². The molecule has 1 N–H and O–H groups in total. The van der Waals surface area contributed by atoms with Crippen LogP contribution in [0.2, 0.25) is 0 Å². The minimum atomic E-state index is -0.716. The van der Waals surface area contributed by atoms with Gasteiger partial charge in [0.15, 0.2) is 4.96 Å². The highest BCUT2D eigenvalue weighted by molar-refractivity contribution is 7.84. The topological polar surface area (TPSA) is 55.6 Å². The third-order valence-corrected chi connectivity index (χ3v) is 4.70. The van der Waals surface area contributed by atoms with E-state index in [9.17, 15) is 4.21 Å². The molecule has 0 saturated heterocycles. The summed E-state index contributed by atoms with van der Waals surface area (Å²) in [6.07, 6.45) is 1.98. The van der Waals surface area contributed by atoms with E-state index in [4.69, 9.17) is 4.74 Å². The predicted molar refractivity (Wildman–Crippen MR) is 74.9 cm³/mol. The molecule has 1 unspecified atom stereocenters. The lowest BCUT2D eigenvalue weighted by atomic mass is 10.4. The Morgan fingerprint density at radius 1 is 1.61 bits per heavy atom. The second-order valence-electron chi connectivity index (χ2n) is 3.73. The van der Waals surface area contributed by atoms with Gasteiger partial charge < -0.3 is 10.1 Å². The van der Waals surface area contributed by atoms with Crippen molar-refractivity contribution in [2.45, 2.75) is 13.5 Å². The molecule has 7 heteroatoms. The first kappa shape index (κ1) is 13.5. The molecule has 0 radical (unpaired) electrons. The summed E-state index contributed by atoms with van der Waals surface area (Å²) >= 11 is 1.58. The summed E-state index contributed by atoms with van der Waals surface area (Å²) in [6, 6.07) is 0. The second kappa shape index (κ2) is 6.31. The fraction of sp³-hybridized carbons (Fsp3) is 0.545. The smallest absolute Gasteiger partial charge is 0.237 e. The Balaban J connectivity index is 1.97. The molecule has 5 nitrogen and oxygen atoms in total. The maximum absolute atomic E-state index is 11.3. The van der Waals surface area contributed by atoms with Gasteiger partial charge in [-0.1, -0.05) is 6.92 Å². The van der Waals surface area contributed by atoms with E-state index in [-0.39, 0.29) is 0 Å². The Hall–Kier alpha value is -0.920. The van der Waals surface area contributed by atoms with E-state index in [1.807, 2.05) is 22.9 Å². The lowest BCUT2D eigenvalue weighted by molar-refractivity contribution is 0.393. The number of ether oxygens (including phenoxy) is 1. The van der Waals surface area contributed by atoms with E-state index in [1.165, 1.54) is 0 Å². The molecule has 18 heavy (non-hydrogen) atoms. The summed E-state index contributed by atoms with van der Waals surface area (Å²) < 4.78 is 18.6. The van der Waals surface area contributed by atoms with Crippen molar-refractivity contribution in [2.24, 2.45) is 0 Å². The summed E-state index contributed by atoms with van der Waals surface area (Å²) in [7, 11) is 0.911. The molecule has 2 aromatic heterocycles. The SMILES string of the molecule is CCS(=O)CCNCc1c(OC)nc2sccn12. The van der Waals surface area contributed by atoms with E-state index in [0.717, 1.165) is 17.2 Å². The van der Waals surface area contributed by atoms with Crippen LogP contribution in [0.4, 0.5) is 0 Å². The van der Waals surface area contributed by atoms with Crippen LogP contribution in [0.5, 0.6) is 5.88 Å². The molecule has 0 fully saturated rings. The molecule has 0 saturated carbocycles. The molecule has 100 valence electrons. The van der Waals surface area contributed by atoms with Crippen LogP contribution in [0.3, 0.4) is 0 Å². The second-order valence-corrected chi connectivity index (χ2v) is 6.47. The predicted octanol–water partition coefficient (Wildman–Crippen LogP) is 1.26. The van der Waals surface area contributed by atoms with Crippen LogP contribution in [0.25, 0.3) is 4.96 Å². The largest absolute Gasteiger partial charge is 0.480 e. The quantitative estimate of drug-likeness (QED) is 0.779. The standard InChI is InChI=1S/C11H17N3O2S2/c1-3-18(15)7-4-12-8-9-10(16-2)13-11-14(9)5-6-17-11/h5-6,12H,3-4,7-8H2,1-2H3. The van der Waals surface area contributed by atoms with Gasteiger partial charge in [0, 0.05) is 47.0 Å². The van der Waals surface area contributed by atoms with Crippen LogP contribution in [0.1, 0.15) is 12.6 Å². The number of imidazole rings is 1. The van der Waals surface area contributed by atoms with Gasteiger partial charge in [-0.2, -0.15) is 4.98 Å². The van der Waals surface area contributed by atoms with Crippen LogP contribution < -0.4 is 10.1 Å². The monoisotopic (exact) mass is 287 g/mol. The van der Waals surface area contributed by atoms with E-state index < -0.39 is 10.8 Å². The van der Waals surface area contributed by atoms with Crippen LogP contribution >= 0.6 is 11.3 Å². The molecule has 2 heterocycles. The molecular weight excluding hydrogens is 270 g/mol. The van der Waals surface area contributed by atoms with Crippen molar-refractivity contribution in [2.75, 3.05) is 25.2 Å². The normalized spacial score (nSPS) is 13.0. The molecule has 0 aliphatic rings. The summed E-state index contributed by atoms with van der Waals surface area (Å²) in [4.78, 5) is 5.31. The number of hydrogen-bond acceptors (Lipinski definition) is 5. The van der Waals surface area contributed by atoms with E-state index in [0.29, 0.717) is 23.9 Å². The van der Waals surface area contributed by atoms with Gasteiger partial charge in [0.2, 0.25) is 5.88 Å². The zero-order chi connectivity index (χ0) is 13.0. The molecule has 0 aliphatic heterocycles. The molecule has 0 aliphatic carbocycles. The number of methoxy groups -OCH3 is 1. The summed E-state index contributed by atoms with van der Waals surface area (Å²) in [5, 5.41) is 5.28. The molecule has 0 aromatic carbocycles. The zero-order valence-electron chi connectivity index (χ0n) is 10.5. The highest BCUT2D eigenvalue weighted by Gasteiger charge is 2.12.